The summed E-state index contributed by atoms with van der Waals surface area (Å²) >= 11 is 0. The van der Waals surface area contributed by atoms with Crippen LogP contribution in [0.1, 0.15) is 29.3 Å². The van der Waals surface area contributed by atoms with Gasteiger partial charge >= 0.3 is 6.18 Å². The third-order valence-corrected chi connectivity index (χ3v) is 2.97. The molecule has 1 rings (SSSR count). The van der Waals surface area contributed by atoms with Crippen molar-refractivity contribution >= 4 is 11.6 Å². The quantitative estimate of drug-likeness (QED) is 0.573. The first-order valence-corrected chi connectivity index (χ1v) is 6.28. The Morgan fingerprint density at radius 3 is 2.57 bits per heavy atom. The molecule has 1 aromatic rings. The highest BCUT2D eigenvalue weighted by Gasteiger charge is 2.35. The second-order valence-corrected chi connectivity index (χ2v) is 4.73. The molecular weight excluding hydrogens is 287 g/mol. The fourth-order valence-electron chi connectivity index (χ4n) is 1.81. The van der Waals surface area contributed by atoms with Gasteiger partial charge in [0, 0.05) is 13.6 Å². The zero-order valence-corrected chi connectivity index (χ0v) is 11.7. The summed E-state index contributed by atoms with van der Waals surface area (Å²) < 4.78 is 38.6. The SMILES string of the molecule is CC(O)CCN(C)C(=O)c1cccc(C(F)(F)F)c1NN. The van der Waals surface area contributed by atoms with Crippen molar-refractivity contribution in [3.8, 4) is 0 Å². The van der Waals surface area contributed by atoms with Crippen LogP contribution in [0, 0.1) is 0 Å². The second-order valence-electron chi connectivity index (χ2n) is 4.73. The number of anilines is 1. The lowest BCUT2D eigenvalue weighted by molar-refractivity contribution is -0.137. The van der Waals surface area contributed by atoms with Crippen LogP contribution in [0.2, 0.25) is 0 Å². The van der Waals surface area contributed by atoms with Gasteiger partial charge in [0.15, 0.2) is 0 Å². The Kier molecular flexibility index (Phi) is 5.56. The molecule has 0 radical (unpaired) electrons. The van der Waals surface area contributed by atoms with E-state index in [0.717, 1.165) is 12.1 Å². The summed E-state index contributed by atoms with van der Waals surface area (Å²) in [7, 11) is 1.45. The molecule has 1 aromatic carbocycles. The van der Waals surface area contributed by atoms with Crippen LogP contribution in [-0.2, 0) is 6.18 Å². The standard InChI is InChI=1S/C13H18F3N3O2/c1-8(20)6-7-19(2)12(21)9-4-3-5-10(11(9)18-17)13(14,15)16/h3-5,8,18,20H,6-7,17H2,1-2H3. The van der Waals surface area contributed by atoms with E-state index in [4.69, 9.17) is 5.84 Å². The molecule has 0 fully saturated rings. The van der Waals surface area contributed by atoms with Crippen LogP contribution in [0.25, 0.3) is 0 Å². The average molecular weight is 305 g/mol. The number of halogens is 3. The lowest BCUT2D eigenvalue weighted by atomic mass is 10.1. The number of carbonyl (C=O) groups excluding carboxylic acids is 1. The largest absolute Gasteiger partial charge is 0.418 e. The van der Waals surface area contributed by atoms with Crippen LogP contribution in [-0.4, -0.2) is 35.6 Å². The number of aliphatic hydroxyl groups is 1. The van der Waals surface area contributed by atoms with Crippen molar-refractivity contribution in [2.75, 3.05) is 19.0 Å². The first kappa shape index (κ1) is 17.3. The first-order chi connectivity index (χ1) is 9.68. The number of nitrogens with one attached hydrogen (secondary N) is 1. The Morgan fingerprint density at radius 1 is 1.48 bits per heavy atom. The molecule has 4 N–H and O–H groups in total. The molecule has 0 heterocycles. The molecule has 8 heteroatoms. The van der Waals surface area contributed by atoms with Gasteiger partial charge in [0.05, 0.1) is 22.9 Å². The molecule has 1 atom stereocenters. The first-order valence-electron chi connectivity index (χ1n) is 6.28. The zero-order valence-electron chi connectivity index (χ0n) is 11.7. The summed E-state index contributed by atoms with van der Waals surface area (Å²) in [5.74, 6) is 4.55. The molecule has 0 aliphatic heterocycles. The minimum absolute atomic E-state index is 0.166. The van der Waals surface area contributed by atoms with Gasteiger partial charge in [-0.25, -0.2) is 0 Å². The van der Waals surface area contributed by atoms with Crippen molar-refractivity contribution < 1.29 is 23.1 Å². The Hall–Kier alpha value is -1.80. The zero-order chi connectivity index (χ0) is 16.2. The maximum absolute atomic E-state index is 12.9. The maximum Gasteiger partial charge on any atom is 0.418 e. The molecule has 118 valence electrons. The van der Waals surface area contributed by atoms with Crippen molar-refractivity contribution in [2.45, 2.75) is 25.6 Å². The van der Waals surface area contributed by atoms with Crippen LogP contribution in [0.4, 0.5) is 18.9 Å². The number of amides is 1. The fourth-order valence-corrected chi connectivity index (χ4v) is 1.81. The number of hydrogen-bond donors (Lipinski definition) is 3. The molecule has 21 heavy (non-hydrogen) atoms. The van der Waals surface area contributed by atoms with E-state index in [2.05, 4.69) is 0 Å². The second kappa shape index (κ2) is 6.77. The molecule has 1 amide bonds. The molecule has 5 nitrogen and oxygen atoms in total. The van der Waals surface area contributed by atoms with Gasteiger partial charge in [-0.05, 0) is 25.5 Å². The molecule has 0 aromatic heterocycles. The summed E-state index contributed by atoms with van der Waals surface area (Å²) in [6, 6.07) is 3.27. The van der Waals surface area contributed by atoms with Crippen LogP contribution >= 0.6 is 0 Å². The van der Waals surface area contributed by atoms with Crippen molar-refractivity contribution in [3.05, 3.63) is 29.3 Å². The number of alkyl halides is 3. The van der Waals surface area contributed by atoms with Gasteiger partial charge in [0.25, 0.3) is 5.91 Å². The number of benzene rings is 1. The van der Waals surface area contributed by atoms with E-state index in [1.807, 2.05) is 5.43 Å². The highest BCUT2D eigenvalue weighted by molar-refractivity contribution is 6.00. The minimum Gasteiger partial charge on any atom is -0.393 e. The smallest absolute Gasteiger partial charge is 0.393 e. The van der Waals surface area contributed by atoms with E-state index in [1.54, 1.807) is 6.92 Å². The molecule has 0 aliphatic rings. The number of carbonyl (C=O) groups is 1. The highest BCUT2D eigenvalue weighted by Crippen LogP contribution is 2.36. The molecule has 0 saturated carbocycles. The molecule has 1 unspecified atom stereocenters. The van der Waals surface area contributed by atoms with E-state index in [9.17, 15) is 23.1 Å². The summed E-state index contributed by atoms with van der Waals surface area (Å²) in [6.07, 6.45) is -4.89. The number of hydrogen-bond acceptors (Lipinski definition) is 4. The summed E-state index contributed by atoms with van der Waals surface area (Å²) in [5.41, 5.74) is 0.329. The van der Waals surface area contributed by atoms with Crippen LogP contribution in [0.3, 0.4) is 0 Å². The van der Waals surface area contributed by atoms with Gasteiger partial charge in [-0.3, -0.25) is 10.6 Å². The van der Waals surface area contributed by atoms with E-state index in [-0.39, 0.29) is 12.1 Å². The van der Waals surface area contributed by atoms with Gasteiger partial charge in [0.2, 0.25) is 0 Å². The monoisotopic (exact) mass is 305 g/mol. The number of nitrogens with zero attached hydrogens (tertiary/aromatic N) is 1. The maximum atomic E-state index is 12.9. The fraction of sp³-hybridized carbons (Fsp3) is 0.462. The predicted octanol–water partition coefficient (Wildman–Crippen LogP) is 1.83. The molecule has 0 bridgehead atoms. The predicted molar refractivity (Wildman–Crippen MR) is 72.5 cm³/mol. The number of aliphatic hydroxyl groups excluding tert-OH is 1. The third-order valence-electron chi connectivity index (χ3n) is 2.97. The van der Waals surface area contributed by atoms with E-state index < -0.39 is 29.4 Å². The van der Waals surface area contributed by atoms with Crippen molar-refractivity contribution in [1.82, 2.24) is 4.90 Å². The summed E-state index contributed by atoms with van der Waals surface area (Å²) in [4.78, 5) is 13.4. The van der Waals surface area contributed by atoms with Gasteiger partial charge in [-0.15, -0.1) is 0 Å². The van der Waals surface area contributed by atoms with Crippen molar-refractivity contribution in [3.63, 3.8) is 0 Å². The molecule has 0 spiro atoms. The number of hydrazine groups is 1. The number of nitrogen functional groups attached to an aromatic ring is 1. The molecular formula is C13H18F3N3O2. The minimum atomic E-state index is -4.61. The van der Waals surface area contributed by atoms with Gasteiger partial charge in [0.1, 0.15) is 0 Å². The summed E-state index contributed by atoms with van der Waals surface area (Å²) in [5, 5.41) is 9.19. The third kappa shape index (κ3) is 4.33. The number of rotatable bonds is 5. The number of nitrogens with two attached hydrogens (primary N) is 1. The lowest BCUT2D eigenvalue weighted by Gasteiger charge is -2.21. The molecule has 0 aliphatic carbocycles. The topological polar surface area (TPSA) is 78.6 Å². The van der Waals surface area contributed by atoms with Crippen LogP contribution in [0.5, 0.6) is 0 Å². The Balaban J connectivity index is 3.10. The lowest BCUT2D eigenvalue weighted by Crippen LogP contribution is -2.31. The van der Waals surface area contributed by atoms with Crippen molar-refractivity contribution in [2.24, 2.45) is 5.84 Å². The Morgan fingerprint density at radius 2 is 2.10 bits per heavy atom. The van der Waals surface area contributed by atoms with Gasteiger partial charge in [-0.1, -0.05) is 6.07 Å². The van der Waals surface area contributed by atoms with Crippen LogP contribution < -0.4 is 11.3 Å². The summed E-state index contributed by atoms with van der Waals surface area (Å²) in [6.45, 7) is 1.78. The van der Waals surface area contributed by atoms with Gasteiger partial charge < -0.3 is 15.4 Å². The van der Waals surface area contributed by atoms with Crippen LogP contribution in [0.15, 0.2) is 18.2 Å². The Bertz CT molecular complexity index is 504. The van der Waals surface area contributed by atoms with E-state index in [0.29, 0.717) is 6.42 Å². The van der Waals surface area contributed by atoms with Gasteiger partial charge in [-0.2, -0.15) is 13.2 Å². The van der Waals surface area contributed by atoms with E-state index in [1.165, 1.54) is 18.0 Å². The van der Waals surface area contributed by atoms with Crippen molar-refractivity contribution in [1.29, 1.82) is 0 Å². The number of para-hydroxylation sites is 1. The Labute approximate surface area is 120 Å². The highest BCUT2D eigenvalue weighted by atomic mass is 19.4. The molecule has 0 saturated heterocycles. The average Bonchev–Trinajstić information content (AvgIpc) is 2.41. The normalized spacial score (nSPS) is 12.9. The van der Waals surface area contributed by atoms with E-state index >= 15 is 0 Å².